The van der Waals surface area contributed by atoms with Crippen molar-refractivity contribution in [2.45, 2.75) is 78.6 Å². The van der Waals surface area contributed by atoms with Crippen LogP contribution < -0.4 is 5.32 Å². The highest BCUT2D eigenvalue weighted by Gasteiger charge is 2.39. The van der Waals surface area contributed by atoms with E-state index in [2.05, 4.69) is 39.9 Å². The molecule has 1 heterocycles. The Morgan fingerprint density at radius 3 is 2.41 bits per heavy atom. The second-order valence-corrected chi connectivity index (χ2v) is 5.65. The molecule has 0 saturated carbocycles. The van der Waals surface area contributed by atoms with Gasteiger partial charge >= 0.3 is 0 Å². The molecule has 1 fully saturated rings. The molecule has 0 bridgehead atoms. The molecule has 3 unspecified atom stereocenters. The molecule has 0 aromatic carbocycles. The third kappa shape index (κ3) is 3.44. The zero-order valence-corrected chi connectivity index (χ0v) is 12.0. The van der Waals surface area contributed by atoms with Crippen molar-refractivity contribution < 1.29 is 4.79 Å². The van der Waals surface area contributed by atoms with Gasteiger partial charge in [0.1, 0.15) is 0 Å². The Hall–Kier alpha value is -0.570. The van der Waals surface area contributed by atoms with Gasteiger partial charge in [0.05, 0.1) is 12.2 Å². The van der Waals surface area contributed by atoms with Crippen LogP contribution in [0.4, 0.5) is 0 Å². The van der Waals surface area contributed by atoms with Gasteiger partial charge in [0.25, 0.3) is 0 Å². The molecule has 1 amide bonds. The minimum atomic E-state index is 0.0126. The molecule has 0 aromatic rings. The third-order valence-corrected chi connectivity index (χ3v) is 3.73. The van der Waals surface area contributed by atoms with E-state index in [1.54, 1.807) is 0 Å². The first-order valence-corrected chi connectivity index (χ1v) is 7.07. The summed E-state index contributed by atoms with van der Waals surface area (Å²) in [7, 11) is 0. The highest BCUT2D eigenvalue weighted by atomic mass is 16.2. The van der Waals surface area contributed by atoms with Crippen molar-refractivity contribution >= 4 is 5.91 Å². The fraction of sp³-hybridized carbons (Fsp3) is 0.929. The zero-order valence-electron chi connectivity index (χ0n) is 12.0. The SMILES string of the molecule is CCCCCC(C)N1C(=O)C(C(C)C)NC1C. The van der Waals surface area contributed by atoms with Gasteiger partial charge in [-0.25, -0.2) is 0 Å². The lowest BCUT2D eigenvalue weighted by Gasteiger charge is -2.28. The van der Waals surface area contributed by atoms with Crippen LogP contribution in [0.5, 0.6) is 0 Å². The van der Waals surface area contributed by atoms with Crippen LogP contribution in [0.3, 0.4) is 0 Å². The van der Waals surface area contributed by atoms with Crippen LogP contribution in [0.25, 0.3) is 0 Å². The largest absolute Gasteiger partial charge is 0.323 e. The molecule has 1 aliphatic heterocycles. The molecule has 0 spiro atoms. The van der Waals surface area contributed by atoms with Crippen LogP contribution in [0.2, 0.25) is 0 Å². The van der Waals surface area contributed by atoms with Crippen molar-refractivity contribution in [3.8, 4) is 0 Å². The standard InChI is InChI=1S/C14H28N2O/c1-6-7-8-9-11(4)16-12(5)15-13(10(2)3)14(16)17/h10-13,15H,6-9H2,1-5H3. The van der Waals surface area contributed by atoms with Gasteiger partial charge < -0.3 is 4.90 Å². The summed E-state index contributed by atoms with van der Waals surface area (Å²) in [5.41, 5.74) is 0. The average molecular weight is 240 g/mol. The van der Waals surface area contributed by atoms with Gasteiger partial charge in [-0.05, 0) is 26.2 Å². The molecule has 3 heteroatoms. The van der Waals surface area contributed by atoms with Crippen molar-refractivity contribution in [3.05, 3.63) is 0 Å². The maximum absolute atomic E-state index is 12.3. The van der Waals surface area contributed by atoms with Crippen LogP contribution in [0.15, 0.2) is 0 Å². The molecular weight excluding hydrogens is 212 g/mol. The van der Waals surface area contributed by atoms with E-state index >= 15 is 0 Å². The minimum absolute atomic E-state index is 0.0126. The Balaban J connectivity index is 2.55. The number of hydrogen-bond acceptors (Lipinski definition) is 2. The van der Waals surface area contributed by atoms with Crippen molar-refractivity contribution in [1.29, 1.82) is 0 Å². The highest BCUT2D eigenvalue weighted by molar-refractivity contribution is 5.84. The molecule has 3 atom stereocenters. The topological polar surface area (TPSA) is 32.3 Å². The first-order chi connectivity index (χ1) is 7.99. The Bertz CT molecular complexity index is 253. The van der Waals surface area contributed by atoms with Crippen LogP contribution in [0.1, 0.15) is 60.3 Å². The lowest BCUT2D eigenvalue weighted by atomic mass is 10.0. The Labute approximate surface area is 106 Å². The number of amides is 1. The summed E-state index contributed by atoms with van der Waals surface area (Å²) >= 11 is 0. The summed E-state index contributed by atoms with van der Waals surface area (Å²) < 4.78 is 0. The monoisotopic (exact) mass is 240 g/mol. The van der Waals surface area contributed by atoms with Crippen LogP contribution in [-0.4, -0.2) is 29.1 Å². The number of nitrogens with zero attached hydrogens (tertiary/aromatic N) is 1. The quantitative estimate of drug-likeness (QED) is 0.724. The highest BCUT2D eigenvalue weighted by Crippen LogP contribution is 2.21. The maximum atomic E-state index is 12.3. The van der Waals surface area contributed by atoms with Gasteiger partial charge in [0, 0.05) is 6.04 Å². The molecule has 17 heavy (non-hydrogen) atoms. The summed E-state index contributed by atoms with van der Waals surface area (Å²) in [6.45, 7) is 10.7. The second kappa shape index (κ2) is 6.39. The fourth-order valence-electron chi connectivity index (χ4n) is 2.67. The third-order valence-electron chi connectivity index (χ3n) is 3.73. The first kappa shape index (κ1) is 14.5. The Morgan fingerprint density at radius 1 is 1.29 bits per heavy atom. The molecule has 3 nitrogen and oxygen atoms in total. The van der Waals surface area contributed by atoms with Gasteiger partial charge in [-0.2, -0.15) is 0 Å². The van der Waals surface area contributed by atoms with Crippen LogP contribution >= 0.6 is 0 Å². The van der Waals surface area contributed by atoms with E-state index in [0.29, 0.717) is 12.0 Å². The molecule has 0 aliphatic carbocycles. The smallest absolute Gasteiger partial charge is 0.241 e. The summed E-state index contributed by atoms with van der Waals surface area (Å²) in [6.07, 6.45) is 5.04. The Kier molecular flexibility index (Phi) is 5.44. The second-order valence-electron chi connectivity index (χ2n) is 5.65. The van der Waals surface area contributed by atoms with E-state index < -0.39 is 0 Å². The molecule has 1 aliphatic rings. The van der Waals surface area contributed by atoms with E-state index in [-0.39, 0.29) is 18.1 Å². The van der Waals surface area contributed by atoms with Crippen molar-refractivity contribution in [3.63, 3.8) is 0 Å². The van der Waals surface area contributed by atoms with Crippen molar-refractivity contribution in [1.82, 2.24) is 10.2 Å². The molecule has 0 aromatic heterocycles. The Morgan fingerprint density at radius 2 is 1.94 bits per heavy atom. The van der Waals surface area contributed by atoms with E-state index in [1.807, 2.05) is 4.90 Å². The lowest BCUT2D eigenvalue weighted by molar-refractivity contribution is -0.132. The summed E-state index contributed by atoms with van der Waals surface area (Å²) in [6, 6.07) is 0.374. The summed E-state index contributed by atoms with van der Waals surface area (Å²) in [5, 5.41) is 3.40. The van der Waals surface area contributed by atoms with Gasteiger partial charge in [0.2, 0.25) is 5.91 Å². The lowest BCUT2D eigenvalue weighted by Crippen LogP contribution is -2.41. The predicted octanol–water partition coefficient (Wildman–Crippen LogP) is 2.76. The van der Waals surface area contributed by atoms with Gasteiger partial charge in [-0.1, -0.05) is 40.0 Å². The van der Waals surface area contributed by atoms with Crippen LogP contribution in [-0.2, 0) is 4.79 Å². The molecule has 100 valence electrons. The average Bonchev–Trinajstić information content (AvgIpc) is 2.54. The van der Waals surface area contributed by atoms with Crippen molar-refractivity contribution in [2.75, 3.05) is 0 Å². The van der Waals surface area contributed by atoms with E-state index in [1.165, 1.54) is 19.3 Å². The summed E-state index contributed by atoms with van der Waals surface area (Å²) in [4.78, 5) is 14.3. The zero-order chi connectivity index (χ0) is 13.0. The molecule has 1 saturated heterocycles. The van der Waals surface area contributed by atoms with Gasteiger partial charge in [-0.3, -0.25) is 10.1 Å². The van der Waals surface area contributed by atoms with E-state index in [4.69, 9.17) is 0 Å². The fourth-order valence-corrected chi connectivity index (χ4v) is 2.67. The summed E-state index contributed by atoms with van der Waals surface area (Å²) in [5.74, 6) is 0.661. The number of rotatable bonds is 6. The number of hydrogen-bond donors (Lipinski definition) is 1. The van der Waals surface area contributed by atoms with Crippen LogP contribution in [0, 0.1) is 5.92 Å². The predicted molar refractivity (Wildman–Crippen MR) is 71.7 cm³/mol. The minimum Gasteiger partial charge on any atom is -0.323 e. The van der Waals surface area contributed by atoms with Gasteiger partial charge in [0.15, 0.2) is 0 Å². The molecule has 1 rings (SSSR count). The normalized spacial score (nSPS) is 26.9. The number of carbonyl (C=O) groups excluding carboxylic acids is 1. The first-order valence-electron chi connectivity index (χ1n) is 7.07. The van der Waals surface area contributed by atoms with E-state index in [0.717, 1.165) is 6.42 Å². The molecule has 1 N–H and O–H groups in total. The maximum Gasteiger partial charge on any atom is 0.241 e. The van der Waals surface area contributed by atoms with Crippen molar-refractivity contribution in [2.24, 2.45) is 5.92 Å². The number of nitrogens with one attached hydrogen (secondary N) is 1. The van der Waals surface area contributed by atoms with Gasteiger partial charge in [-0.15, -0.1) is 0 Å². The molecule has 0 radical (unpaired) electrons. The number of carbonyl (C=O) groups is 1. The van der Waals surface area contributed by atoms with E-state index in [9.17, 15) is 4.79 Å². The number of unbranched alkanes of at least 4 members (excludes halogenated alkanes) is 2. The molecular formula is C14H28N2O.